The first-order valence-electron chi connectivity index (χ1n) is 12.8. The number of aromatic nitrogens is 2. The van der Waals surface area contributed by atoms with Crippen molar-refractivity contribution in [3.63, 3.8) is 0 Å². The number of fused-ring (bicyclic) bond motifs is 1. The first-order chi connectivity index (χ1) is 18.0. The predicted octanol–water partition coefficient (Wildman–Crippen LogP) is 4.97. The molecule has 4 aromatic rings. The summed E-state index contributed by atoms with van der Waals surface area (Å²) < 4.78 is 7.45. The lowest BCUT2D eigenvalue weighted by atomic mass is 9.88. The monoisotopic (exact) mass is 496 g/mol. The fraction of sp³-hybridized carbons (Fsp3) is 0.300. The largest absolute Gasteiger partial charge is 0.376 e. The van der Waals surface area contributed by atoms with Gasteiger partial charge in [0.2, 0.25) is 5.91 Å². The van der Waals surface area contributed by atoms with E-state index in [4.69, 9.17) is 4.74 Å². The van der Waals surface area contributed by atoms with Gasteiger partial charge >= 0.3 is 0 Å². The molecule has 2 amide bonds. The van der Waals surface area contributed by atoms with Crippen LogP contribution < -0.4 is 5.32 Å². The van der Waals surface area contributed by atoms with E-state index in [1.807, 2.05) is 64.9 Å². The Morgan fingerprint density at radius 3 is 2.49 bits per heavy atom. The molecule has 37 heavy (non-hydrogen) atoms. The van der Waals surface area contributed by atoms with Crippen LogP contribution >= 0.6 is 0 Å². The van der Waals surface area contributed by atoms with Crippen molar-refractivity contribution in [1.82, 2.24) is 14.5 Å². The number of nitrogens with zero attached hydrogens (tertiary/aromatic N) is 3. The molecule has 2 heterocycles. The van der Waals surface area contributed by atoms with Crippen LogP contribution in [-0.2, 0) is 26.5 Å². The molecule has 1 aromatic heterocycles. The second kappa shape index (κ2) is 11.0. The van der Waals surface area contributed by atoms with E-state index in [1.165, 1.54) is 0 Å². The molecular weight excluding hydrogens is 464 g/mol. The van der Waals surface area contributed by atoms with E-state index < -0.39 is 5.54 Å². The summed E-state index contributed by atoms with van der Waals surface area (Å²) in [4.78, 5) is 32.8. The summed E-state index contributed by atoms with van der Waals surface area (Å²) in [5.74, 6) is 0.260. The van der Waals surface area contributed by atoms with Crippen LogP contribution in [0.3, 0.4) is 0 Å². The molecular formula is C30H32N4O3. The number of nitrogens with one attached hydrogen (secondary N) is 1. The molecule has 0 spiro atoms. The SMILES string of the molecule is CC(C(=O)N1CCCC1)(c1ccc2ccccc2c1)n1cnc(NC(=O)CCOCc2ccccc2)c1. The number of imidazole rings is 1. The highest BCUT2D eigenvalue weighted by Gasteiger charge is 2.41. The molecule has 1 unspecified atom stereocenters. The fourth-order valence-electron chi connectivity index (χ4n) is 4.87. The molecule has 7 heteroatoms. The number of hydrogen-bond donors (Lipinski definition) is 1. The van der Waals surface area contributed by atoms with Gasteiger partial charge in [-0.2, -0.15) is 0 Å². The normalized spacial score (nSPS) is 15.0. The lowest BCUT2D eigenvalue weighted by Crippen LogP contribution is -2.48. The van der Waals surface area contributed by atoms with Crippen molar-refractivity contribution in [3.8, 4) is 0 Å². The number of benzene rings is 3. The molecule has 1 aliphatic heterocycles. The topological polar surface area (TPSA) is 76.5 Å². The minimum atomic E-state index is -0.997. The molecule has 1 aliphatic rings. The highest BCUT2D eigenvalue weighted by molar-refractivity contribution is 5.92. The molecule has 1 atom stereocenters. The maximum Gasteiger partial charge on any atom is 0.253 e. The second-order valence-electron chi connectivity index (χ2n) is 9.64. The average molecular weight is 497 g/mol. The van der Waals surface area contributed by atoms with Crippen LogP contribution in [0.1, 0.15) is 37.3 Å². The summed E-state index contributed by atoms with van der Waals surface area (Å²) in [5, 5.41) is 5.04. The third-order valence-corrected chi connectivity index (χ3v) is 7.07. The zero-order valence-corrected chi connectivity index (χ0v) is 21.1. The Kier molecular flexibility index (Phi) is 7.32. The molecule has 1 N–H and O–H groups in total. The zero-order chi connectivity index (χ0) is 25.7. The number of hydrogen-bond acceptors (Lipinski definition) is 4. The van der Waals surface area contributed by atoms with E-state index in [0.717, 1.165) is 47.8 Å². The van der Waals surface area contributed by atoms with Gasteiger partial charge in [0.25, 0.3) is 5.91 Å². The summed E-state index contributed by atoms with van der Waals surface area (Å²) in [6.45, 7) is 4.21. The molecule has 5 rings (SSSR count). The van der Waals surface area contributed by atoms with Gasteiger partial charge in [-0.15, -0.1) is 0 Å². The zero-order valence-electron chi connectivity index (χ0n) is 21.1. The third-order valence-electron chi connectivity index (χ3n) is 7.07. The molecule has 0 saturated carbocycles. The van der Waals surface area contributed by atoms with Crippen molar-refractivity contribution in [2.45, 2.75) is 38.3 Å². The Morgan fingerprint density at radius 1 is 0.973 bits per heavy atom. The van der Waals surface area contributed by atoms with Gasteiger partial charge in [0.1, 0.15) is 5.54 Å². The quantitative estimate of drug-likeness (QED) is 0.332. The van der Waals surface area contributed by atoms with Gasteiger partial charge in [0.05, 0.1) is 26.0 Å². The summed E-state index contributed by atoms with van der Waals surface area (Å²) >= 11 is 0. The molecule has 1 fully saturated rings. The van der Waals surface area contributed by atoms with E-state index in [0.29, 0.717) is 19.0 Å². The van der Waals surface area contributed by atoms with Gasteiger partial charge in [-0.05, 0) is 47.7 Å². The van der Waals surface area contributed by atoms with E-state index in [9.17, 15) is 9.59 Å². The molecule has 0 bridgehead atoms. The van der Waals surface area contributed by atoms with Crippen LogP contribution in [0.5, 0.6) is 0 Å². The van der Waals surface area contributed by atoms with Gasteiger partial charge < -0.3 is 19.5 Å². The summed E-state index contributed by atoms with van der Waals surface area (Å²) in [5.41, 5.74) is 0.952. The number of carbonyl (C=O) groups excluding carboxylic acids is 2. The Morgan fingerprint density at radius 2 is 1.70 bits per heavy atom. The minimum Gasteiger partial charge on any atom is -0.376 e. The van der Waals surface area contributed by atoms with Crippen LogP contribution in [0.15, 0.2) is 85.3 Å². The molecule has 0 radical (unpaired) electrons. The summed E-state index contributed by atoms with van der Waals surface area (Å²) in [7, 11) is 0. The standard InChI is InChI=1S/C30H32N4O3/c1-30(29(36)33-16-7-8-17-33,26-14-13-24-11-5-6-12-25(24)19-26)34-20-27(31-22-34)32-28(35)15-18-37-21-23-9-3-2-4-10-23/h2-6,9-14,19-20,22H,7-8,15-18,21H2,1H3,(H,32,35). The molecule has 3 aromatic carbocycles. The van der Waals surface area contributed by atoms with Crippen LogP contribution in [0.25, 0.3) is 10.8 Å². The van der Waals surface area contributed by atoms with Crippen molar-refractivity contribution < 1.29 is 14.3 Å². The van der Waals surface area contributed by atoms with Crippen LogP contribution in [-0.4, -0.2) is 46.0 Å². The number of likely N-dealkylation sites (tertiary alicyclic amines) is 1. The number of ether oxygens (including phenoxy) is 1. The summed E-state index contributed by atoms with van der Waals surface area (Å²) in [6.07, 6.45) is 5.61. The van der Waals surface area contributed by atoms with E-state index in [1.54, 1.807) is 12.5 Å². The van der Waals surface area contributed by atoms with Gasteiger partial charge in [-0.3, -0.25) is 9.59 Å². The second-order valence-corrected chi connectivity index (χ2v) is 9.64. The van der Waals surface area contributed by atoms with Gasteiger partial charge in [-0.1, -0.05) is 66.7 Å². The number of amides is 2. The molecule has 0 aliphatic carbocycles. The van der Waals surface area contributed by atoms with Crippen LogP contribution in [0.2, 0.25) is 0 Å². The van der Waals surface area contributed by atoms with Crippen LogP contribution in [0, 0.1) is 0 Å². The maximum absolute atomic E-state index is 13.9. The first kappa shape index (κ1) is 24.7. The van der Waals surface area contributed by atoms with Gasteiger partial charge in [0.15, 0.2) is 5.82 Å². The highest BCUT2D eigenvalue weighted by atomic mass is 16.5. The Balaban J connectivity index is 1.32. The molecule has 1 saturated heterocycles. The smallest absolute Gasteiger partial charge is 0.253 e. The lowest BCUT2D eigenvalue weighted by molar-refractivity contribution is -0.137. The van der Waals surface area contributed by atoms with E-state index in [2.05, 4.69) is 34.6 Å². The van der Waals surface area contributed by atoms with Crippen molar-refractivity contribution in [2.24, 2.45) is 0 Å². The van der Waals surface area contributed by atoms with Gasteiger partial charge in [-0.25, -0.2) is 4.98 Å². The van der Waals surface area contributed by atoms with Crippen molar-refractivity contribution in [1.29, 1.82) is 0 Å². The molecule has 7 nitrogen and oxygen atoms in total. The number of rotatable bonds is 9. The van der Waals surface area contributed by atoms with Crippen molar-refractivity contribution in [3.05, 3.63) is 96.4 Å². The fourth-order valence-corrected chi connectivity index (χ4v) is 4.87. The number of carbonyl (C=O) groups is 2. The maximum atomic E-state index is 13.9. The first-order valence-corrected chi connectivity index (χ1v) is 12.8. The average Bonchev–Trinajstić information content (AvgIpc) is 3.64. The Labute approximate surface area is 217 Å². The predicted molar refractivity (Wildman–Crippen MR) is 144 cm³/mol. The Hall–Kier alpha value is -3.97. The third kappa shape index (κ3) is 5.42. The minimum absolute atomic E-state index is 0.0323. The lowest BCUT2D eigenvalue weighted by Gasteiger charge is -2.34. The Bertz CT molecular complexity index is 1380. The number of anilines is 1. The van der Waals surface area contributed by atoms with E-state index in [-0.39, 0.29) is 18.2 Å². The molecule has 190 valence electrons. The summed E-state index contributed by atoms with van der Waals surface area (Å²) in [6, 6.07) is 24.1. The van der Waals surface area contributed by atoms with Gasteiger partial charge in [0, 0.05) is 19.3 Å². The highest BCUT2D eigenvalue weighted by Crippen LogP contribution is 2.33. The van der Waals surface area contributed by atoms with E-state index >= 15 is 0 Å². The van der Waals surface area contributed by atoms with Crippen molar-refractivity contribution >= 4 is 28.4 Å². The van der Waals surface area contributed by atoms with Crippen LogP contribution in [0.4, 0.5) is 5.82 Å². The van der Waals surface area contributed by atoms with Crippen molar-refractivity contribution in [2.75, 3.05) is 25.0 Å².